The number of carbonyl (C=O) groups excluding carboxylic acids is 1. The number of aromatic nitrogens is 2. The molecule has 4 rings (SSSR count). The molecule has 1 aromatic heterocycles. The number of carbonyl (C=O) groups is 1. The Morgan fingerprint density at radius 2 is 1.82 bits per heavy atom. The molecule has 1 aliphatic heterocycles. The van der Waals surface area contributed by atoms with E-state index in [0.717, 1.165) is 0 Å². The molecule has 0 fully saturated rings. The molecule has 0 atom stereocenters. The van der Waals surface area contributed by atoms with Gasteiger partial charge in [-0.2, -0.15) is 5.10 Å². The van der Waals surface area contributed by atoms with E-state index in [1.165, 1.54) is 16.8 Å². The van der Waals surface area contributed by atoms with Crippen LogP contribution in [0.1, 0.15) is 10.5 Å². The summed E-state index contributed by atoms with van der Waals surface area (Å²) in [5.41, 5.74) is -0.326. The van der Waals surface area contributed by atoms with E-state index in [4.69, 9.17) is 18.9 Å². The number of para-hydroxylation sites is 1. The molecular weight excluding hydrogens is 364 g/mol. The molecule has 28 heavy (non-hydrogen) atoms. The fourth-order valence-electron chi connectivity index (χ4n) is 2.58. The molecule has 2 aromatic carbocycles. The van der Waals surface area contributed by atoms with Crippen molar-refractivity contribution in [3.05, 3.63) is 76.7 Å². The molecule has 0 N–H and O–H groups in total. The second-order valence-corrected chi connectivity index (χ2v) is 5.85. The monoisotopic (exact) mass is 380 g/mol. The van der Waals surface area contributed by atoms with Crippen molar-refractivity contribution in [1.29, 1.82) is 0 Å². The first-order valence-corrected chi connectivity index (χ1v) is 8.57. The van der Waals surface area contributed by atoms with Crippen molar-refractivity contribution in [2.45, 2.75) is 6.54 Å². The van der Waals surface area contributed by atoms with Crippen molar-refractivity contribution < 1.29 is 23.7 Å². The lowest BCUT2D eigenvalue weighted by Gasteiger charge is -2.09. The number of fused-ring (bicyclic) bond motifs is 1. The van der Waals surface area contributed by atoms with Crippen molar-refractivity contribution in [3.63, 3.8) is 0 Å². The van der Waals surface area contributed by atoms with Crippen LogP contribution in [0.2, 0.25) is 0 Å². The molecule has 0 aliphatic carbocycles. The van der Waals surface area contributed by atoms with Crippen molar-refractivity contribution in [2.24, 2.45) is 0 Å². The molecule has 3 aromatic rings. The molecule has 0 radical (unpaired) electrons. The van der Waals surface area contributed by atoms with Crippen LogP contribution in [-0.2, 0) is 6.54 Å². The maximum absolute atomic E-state index is 12.4. The highest BCUT2D eigenvalue weighted by atomic mass is 16.7. The quantitative estimate of drug-likeness (QED) is 0.479. The minimum absolute atomic E-state index is 0.0111. The maximum atomic E-state index is 12.4. The summed E-state index contributed by atoms with van der Waals surface area (Å²) in [6.45, 7) is 0.556. The van der Waals surface area contributed by atoms with Crippen LogP contribution in [-0.4, -0.2) is 29.1 Å². The SMILES string of the molecule is O=C(Oc1ccc2c(c1)OCO2)c1ccc(=O)n(CCOc2ccccc2)n1. The molecule has 0 spiro atoms. The van der Waals surface area contributed by atoms with E-state index in [0.29, 0.717) is 23.0 Å². The van der Waals surface area contributed by atoms with Crippen LogP contribution < -0.4 is 24.5 Å². The van der Waals surface area contributed by atoms with E-state index in [1.807, 2.05) is 30.3 Å². The Kier molecular flexibility index (Phi) is 4.92. The smallest absolute Gasteiger partial charge is 0.364 e. The number of hydrogen-bond acceptors (Lipinski definition) is 7. The highest BCUT2D eigenvalue weighted by molar-refractivity contribution is 5.88. The Hall–Kier alpha value is -3.81. The average molecular weight is 380 g/mol. The Bertz CT molecular complexity index is 1050. The van der Waals surface area contributed by atoms with Crippen LogP contribution in [0, 0.1) is 0 Å². The largest absolute Gasteiger partial charge is 0.492 e. The summed E-state index contributed by atoms with van der Waals surface area (Å²) in [5.74, 6) is 1.39. The zero-order valence-corrected chi connectivity index (χ0v) is 14.7. The second-order valence-electron chi connectivity index (χ2n) is 5.85. The Morgan fingerprint density at radius 1 is 1.00 bits per heavy atom. The van der Waals surface area contributed by atoms with E-state index in [2.05, 4.69) is 5.10 Å². The van der Waals surface area contributed by atoms with Gasteiger partial charge in [0.25, 0.3) is 5.56 Å². The number of ether oxygens (including phenoxy) is 4. The lowest BCUT2D eigenvalue weighted by Crippen LogP contribution is -2.27. The molecule has 1 aliphatic rings. The van der Waals surface area contributed by atoms with Gasteiger partial charge in [0.2, 0.25) is 6.79 Å². The third-order valence-electron chi connectivity index (χ3n) is 3.95. The normalized spacial score (nSPS) is 11.9. The van der Waals surface area contributed by atoms with Gasteiger partial charge < -0.3 is 18.9 Å². The van der Waals surface area contributed by atoms with Crippen LogP contribution in [0.25, 0.3) is 0 Å². The predicted molar refractivity (Wildman–Crippen MR) is 98.0 cm³/mol. The van der Waals surface area contributed by atoms with Crippen molar-refractivity contribution in [2.75, 3.05) is 13.4 Å². The third kappa shape index (κ3) is 3.96. The molecule has 8 heteroatoms. The molecule has 142 valence electrons. The number of esters is 1. The zero-order valence-electron chi connectivity index (χ0n) is 14.7. The molecule has 2 heterocycles. The highest BCUT2D eigenvalue weighted by Crippen LogP contribution is 2.35. The fraction of sp³-hybridized carbons (Fsp3) is 0.150. The molecule has 0 amide bonds. The lowest BCUT2D eigenvalue weighted by molar-refractivity contribution is 0.0725. The Balaban J connectivity index is 1.42. The fourth-order valence-corrected chi connectivity index (χ4v) is 2.58. The summed E-state index contributed by atoms with van der Waals surface area (Å²) in [4.78, 5) is 24.4. The first-order valence-electron chi connectivity index (χ1n) is 8.57. The van der Waals surface area contributed by atoms with Crippen molar-refractivity contribution in [3.8, 4) is 23.0 Å². The zero-order chi connectivity index (χ0) is 19.3. The van der Waals surface area contributed by atoms with Gasteiger partial charge in [0.15, 0.2) is 17.2 Å². The van der Waals surface area contributed by atoms with Gasteiger partial charge in [-0.25, -0.2) is 9.48 Å². The summed E-state index contributed by atoms with van der Waals surface area (Å²) in [7, 11) is 0. The predicted octanol–water partition coefficient (Wildman–Crippen LogP) is 2.27. The van der Waals surface area contributed by atoms with Crippen LogP contribution in [0.15, 0.2) is 65.5 Å². The van der Waals surface area contributed by atoms with Gasteiger partial charge >= 0.3 is 5.97 Å². The molecule has 0 saturated heterocycles. The number of hydrogen-bond donors (Lipinski definition) is 0. The molecular formula is C20H16N2O6. The number of rotatable bonds is 6. The van der Waals surface area contributed by atoms with Gasteiger partial charge in [-0.1, -0.05) is 18.2 Å². The van der Waals surface area contributed by atoms with Gasteiger partial charge in [0, 0.05) is 12.1 Å². The summed E-state index contributed by atoms with van der Waals surface area (Å²) in [5, 5.41) is 4.07. The van der Waals surface area contributed by atoms with Gasteiger partial charge in [0.05, 0.1) is 6.54 Å². The molecule has 0 unspecified atom stereocenters. The van der Waals surface area contributed by atoms with Gasteiger partial charge in [-0.15, -0.1) is 0 Å². The topological polar surface area (TPSA) is 88.9 Å². The number of benzene rings is 2. The summed E-state index contributed by atoms with van der Waals surface area (Å²) < 4.78 is 22.5. The Morgan fingerprint density at radius 3 is 2.68 bits per heavy atom. The van der Waals surface area contributed by atoms with Gasteiger partial charge in [0.1, 0.15) is 18.1 Å². The van der Waals surface area contributed by atoms with E-state index in [-0.39, 0.29) is 31.2 Å². The third-order valence-corrected chi connectivity index (χ3v) is 3.95. The first kappa shape index (κ1) is 17.6. The van der Waals surface area contributed by atoms with Gasteiger partial charge in [-0.05, 0) is 30.3 Å². The highest BCUT2D eigenvalue weighted by Gasteiger charge is 2.17. The van der Waals surface area contributed by atoms with E-state index >= 15 is 0 Å². The van der Waals surface area contributed by atoms with Crippen LogP contribution in [0.3, 0.4) is 0 Å². The summed E-state index contributed by atoms with van der Waals surface area (Å²) >= 11 is 0. The van der Waals surface area contributed by atoms with Crippen molar-refractivity contribution >= 4 is 5.97 Å². The lowest BCUT2D eigenvalue weighted by atomic mass is 10.3. The summed E-state index contributed by atoms with van der Waals surface area (Å²) in [6.07, 6.45) is 0. The minimum Gasteiger partial charge on any atom is -0.492 e. The average Bonchev–Trinajstić information content (AvgIpc) is 3.18. The van der Waals surface area contributed by atoms with E-state index < -0.39 is 5.97 Å². The summed E-state index contributed by atoms with van der Waals surface area (Å²) in [6, 6.07) is 16.6. The molecule has 8 nitrogen and oxygen atoms in total. The number of nitrogens with zero attached hydrogens (tertiary/aromatic N) is 2. The first-order chi connectivity index (χ1) is 13.7. The van der Waals surface area contributed by atoms with E-state index in [1.54, 1.807) is 18.2 Å². The maximum Gasteiger partial charge on any atom is 0.364 e. The second kappa shape index (κ2) is 7.83. The Labute approximate surface area is 159 Å². The van der Waals surface area contributed by atoms with E-state index in [9.17, 15) is 9.59 Å². The van der Waals surface area contributed by atoms with Crippen LogP contribution in [0.4, 0.5) is 0 Å². The molecule has 0 bridgehead atoms. The molecule has 0 saturated carbocycles. The minimum atomic E-state index is -0.684. The van der Waals surface area contributed by atoms with Gasteiger partial charge in [-0.3, -0.25) is 4.79 Å². The van der Waals surface area contributed by atoms with Crippen molar-refractivity contribution in [1.82, 2.24) is 9.78 Å². The van der Waals surface area contributed by atoms with Crippen LogP contribution >= 0.6 is 0 Å². The van der Waals surface area contributed by atoms with Crippen LogP contribution in [0.5, 0.6) is 23.0 Å². The standard InChI is InChI=1S/C20H16N2O6/c23-19-9-7-16(21-22(19)10-11-25-14-4-2-1-3-5-14)20(24)28-15-6-8-17-18(12-15)27-13-26-17/h1-9,12H,10-11,13H2.